The molecule has 0 saturated heterocycles. The van der Waals surface area contributed by atoms with E-state index in [-0.39, 0.29) is 18.4 Å². The number of hydrogen-bond acceptors (Lipinski definition) is 2. The minimum atomic E-state index is -0.785. The van der Waals surface area contributed by atoms with E-state index in [4.69, 9.17) is 0 Å². The molecular weight excluding hydrogens is 254 g/mol. The summed E-state index contributed by atoms with van der Waals surface area (Å²) in [5, 5.41) is 12.2. The van der Waals surface area contributed by atoms with Gasteiger partial charge in [-0.2, -0.15) is 0 Å². The highest BCUT2D eigenvalue weighted by molar-refractivity contribution is 5.94. The average molecular weight is 275 g/mol. The Kier molecular flexibility index (Phi) is 4.42. The van der Waals surface area contributed by atoms with Gasteiger partial charge < -0.3 is 10.4 Å². The summed E-state index contributed by atoms with van der Waals surface area (Å²) in [6, 6.07) is 8.89. The molecule has 0 aliphatic heterocycles. The molecule has 1 amide bonds. The molecule has 1 aromatic carbocycles. The fourth-order valence-corrected chi connectivity index (χ4v) is 2.69. The number of nitrogens with one attached hydrogen (secondary N) is 1. The molecular formula is C16H21NO3. The minimum Gasteiger partial charge on any atom is -0.481 e. The lowest BCUT2D eigenvalue weighted by Gasteiger charge is -2.13. The molecule has 108 valence electrons. The Balaban J connectivity index is 1.91. The molecule has 1 saturated carbocycles. The Bertz CT molecular complexity index is 486. The number of carbonyl (C=O) groups excluding carboxylic acids is 1. The lowest BCUT2D eigenvalue weighted by Crippen LogP contribution is -2.35. The number of rotatable bonds is 7. The Hall–Kier alpha value is -1.84. The molecule has 2 N–H and O–H groups in total. The van der Waals surface area contributed by atoms with Crippen LogP contribution in [0.1, 0.15) is 43.0 Å². The van der Waals surface area contributed by atoms with E-state index in [9.17, 15) is 14.7 Å². The van der Waals surface area contributed by atoms with Crippen LogP contribution in [0.2, 0.25) is 0 Å². The van der Waals surface area contributed by atoms with E-state index in [1.54, 1.807) is 24.3 Å². The average Bonchev–Trinajstić information content (AvgIpc) is 3.18. The van der Waals surface area contributed by atoms with Gasteiger partial charge in [0.2, 0.25) is 0 Å². The van der Waals surface area contributed by atoms with Crippen molar-refractivity contribution in [3.8, 4) is 0 Å². The van der Waals surface area contributed by atoms with Gasteiger partial charge in [-0.25, -0.2) is 0 Å². The maximum absolute atomic E-state index is 12.0. The van der Waals surface area contributed by atoms with Gasteiger partial charge in [-0.15, -0.1) is 0 Å². The minimum absolute atomic E-state index is 0.202. The monoisotopic (exact) mass is 275 g/mol. The summed E-state index contributed by atoms with van der Waals surface area (Å²) in [4.78, 5) is 23.4. The van der Waals surface area contributed by atoms with E-state index in [1.807, 2.05) is 6.07 Å². The van der Waals surface area contributed by atoms with Crippen LogP contribution < -0.4 is 5.32 Å². The normalized spacial score (nSPS) is 24.1. The molecule has 4 nitrogen and oxygen atoms in total. The molecule has 1 aliphatic rings. The lowest BCUT2D eigenvalue weighted by molar-refractivity contribution is -0.143. The number of amides is 1. The van der Waals surface area contributed by atoms with Gasteiger partial charge in [0.1, 0.15) is 0 Å². The zero-order chi connectivity index (χ0) is 14.6. The Labute approximate surface area is 119 Å². The van der Waals surface area contributed by atoms with Crippen LogP contribution in [0.3, 0.4) is 0 Å². The first kappa shape index (κ1) is 14.6. The first-order valence-corrected chi connectivity index (χ1v) is 7.17. The van der Waals surface area contributed by atoms with Crippen molar-refractivity contribution in [1.29, 1.82) is 0 Å². The first-order valence-electron chi connectivity index (χ1n) is 7.17. The highest BCUT2D eigenvalue weighted by Crippen LogP contribution is 2.55. The van der Waals surface area contributed by atoms with Crippen molar-refractivity contribution in [1.82, 2.24) is 5.32 Å². The third kappa shape index (κ3) is 3.00. The van der Waals surface area contributed by atoms with Crippen molar-refractivity contribution in [2.45, 2.75) is 32.6 Å². The van der Waals surface area contributed by atoms with E-state index < -0.39 is 11.4 Å². The van der Waals surface area contributed by atoms with E-state index in [2.05, 4.69) is 12.2 Å². The van der Waals surface area contributed by atoms with Crippen molar-refractivity contribution in [3.63, 3.8) is 0 Å². The Morgan fingerprint density at radius 1 is 1.35 bits per heavy atom. The Morgan fingerprint density at radius 2 is 2.05 bits per heavy atom. The topological polar surface area (TPSA) is 66.4 Å². The highest BCUT2D eigenvalue weighted by Gasteiger charge is 2.59. The number of unbranched alkanes of at least 4 members (excludes halogenated alkanes) is 1. The summed E-state index contributed by atoms with van der Waals surface area (Å²) in [5.41, 5.74) is -0.168. The van der Waals surface area contributed by atoms with Gasteiger partial charge in [0.25, 0.3) is 5.91 Å². The molecule has 0 bridgehead atoms. The summed E-state index contributed by atoms with van der Waals surface area (Å²) in [6.07, 6.45) is 3.73. The van der Waals surface area contributed by atoms with Crippen molar-refractivity contribution >= 4 is 11.9 Å². The summed E-state index contributed by atoms with van der Waals surface area (Å²) in [6.45, 7) is 2.33. The summed E-state index contributed by atoms with van der Waals surface area (Å²) in [7, 11) is 0. The van der Waals surface area contributed by atoms with Crippen LogP contribution in [0.15, 0.2) is 30.3 Å². The van der Waals surface area contributed by atoms with Crippen LogP contribution in [-0.2, 0) is 4.79 Å². The molecule has 4 heteroatoms. The molecule has 0 radical (unpaired) electrons. The fourth-order valence-electron chi connectivity index (χ4n) is 2.69. The SMILES string of the molecule is CCCCC1CC1(CNC(=O)c1ccccc1)C(=O)O. The predicted octanol–water partition coefficient (Wildman–Crippen LogP) is 2.70. The van der Waals surface area contributed by atoms with Crippen LogP contribution in [-0.4, -0.2) is 23.5 Å². The summed E-state index contributed by atoms with van der Waals surface area (Å²) < 4.78 is 0. The van der Waals surface area contributed by atoms with Crippen LogP contribution >= 0.6 is 0 Å². The molecule has 0 aromatic heterocycles. The zero-order valence-electron chi connectivity index (χ0n) is 11.8. The van der Waals surface area contributed by atoms with E-state index in [1.165, 1.54) is 0 Å². The maximum Gasteiger partial charge on any atom is 0.311 e. The number of carboxylic acids is 1. The second kappa shape index (κ2) is 6.07. The summed E-state index contributed by atoms with van der Waals surface area (Å²) in [5.74, 6) is -0.782. The molecule has 2 rings (SSSR count). The largest absolute Gasteiger partial charge is 0.481 e. The lowest BCUT2D eigenvalue weighted by atomic mass is 10.0. The van der Waals surface area contributed by atoms with Gasteiger partial charge in [-0.05, 0) is 30.9 Å². The van der Waals surface area contributed by atoms with Gasteiger partial charge in [0.05, 0.1) is 5.41 Å². The molecule has 0 heterocycles. The number of carboxylic acid groups (broad SMARTS) is 1. The van der Waals surface area contributed by atoms with Gasteiger partial charge in [0.15, 0.2) is 0 Å². The summed E-state index contributed by atoms with van der Waals surface area (Å²) >= 11 is 0. The number of benzene rings is 1. The van der Waals surface area contributed by atoms with Crippen molar-refractivity contribution < 1.29 is 14.7 Å². The number of carbonyl (C=O) groups is 2. The maximum atomic E-state index is 12.0. The fraction of sp³-hybridized carbons (Fsp3) is 0.500. The van der Waals surface area contributed by atoms with Crippen LogP contribution in [0, 0.1) is 11.3 Å². The number of aliphatic carboxylic acids is 1. The quantitative estimate of drug-likeness (QED) is 0.804. The molecule has 1 fully saturated rings. The van der Waals surface area contributed by atoms with Gasteiger partial charge in [-0.1, -0.05) is 38.0 Å². The highest BCUT2D eigenvalue weighted by atomic mass is 16.4. The third-order valence-electron chi connectivity index (χ3n) is 4.16. The van der Waals surface area contributed by atoms with Crippen molar-refractivity contribution in [2.75, 3.05) is 6.54 Å². The zero-order valence-corrected chi connectivity index (χ0v) is 11.8. The van der Waals surface area contributed by atoms with Gasteiger partial charge >= 0.3 is 5.97 Å². The van der Waals surface area contributed by atoms with Gasteiger partial charge in [-0.3, -0.25) is 9.59 Å². The van der Waals surface area contributed by atoms with E-state index in [0.717, 1.165) is 19.3 Å². The van der Waals surface area contributed by atoms with Crippen molar-refractivity contribution in [2.24, 2.45) is 11.3 Å². The molecule has 2 atom stereocenters. The third-order valence-corrected chi connectivity index (χ3v) is 4.16. The van der Waals surface area contributed by atoms with Crippen molar-refractivity contribution in [3.05, 3.63) is 35.9 Å². The van der Waals surface area contributed by atoms with E-state index in [0.29, 0.717) is 12.0 Å². The molecule has 1 aliphatic carbocycles. The second-order valence-electron chi connectivity index (χ2n) is 5.55. The standard InChI is InChI=1S/C16H21NO3/c1-2-3-9-13-10-16(13,15(19)20)11-17-14(18)12-7-5-4-6-8-12/h4-8,13H,2-3,9-11H2,1H3,(H,17,18)(H,19,20). The molecule has 1 aromatic rings. The second-order valence-corrected chi connectivity index (χ2v) is 5.55. The first-order chi connectivity index (χ1) is 9.60. The molecule has 20 heavy (non-hydrogen) atoms. The van der Waals surface area contributed by atoms with Crippen LogP contribution in [0.4, 0.5) is 0 Å². The van der Waals surface area contributed by atoms with Crippen LogP contribution in [0.25, 0.3) is 0 Å². The molecule has 2 unspecified atom stereocenters. The Morgan fingerprint density at radius 3 is 2.65 bits per heavy atom. The number of hydrogen-bond donors (Lipinski definition) is 2. The smallest absolute Gasteiger partial charge is 0.311 e. The molecule has 0 spiro atoms. The predicted molar refractivity (Wildman–Crippen MR) is 76.5 cm³/mol. The van der Waals surface area contributed by atoms with Crippen LogP contribution in [0.5, 0.6) is 0 Å². The van der Waals surface area contributed by atoms with Gasteiger partial charge in [0, 0.05) is 12.1 Å². The van der Waals surface area contributed by atoms with E-state index >= 15 is 0 Å².